The van der Waals surface area contributed by atoms with E-state index in [2.05, 4.69) is 20.4 Å². The van der Waals surface area contributed by atoms with E-state index in [1.165, 1.54) is 35.6 Å². The van der Waals surface area contributed by atoms with E-state index >= 15 is 0 Å². The third-order valence-corrected chi connectivity index (χ3v) is 4.69. The van der Waals surface area contributed by atoms with E-state index in [0.717, 1.165) is 5.56 Å². The molecule has 0 saturated heterocycles. The van der Waals surface area contributed by atoms with Crippen LogP contribution in [-0.2, 0) is 17.8 Å². The number of anilines is 2. The Bertz CT molecular complexity index is 960. The van der Waals surface area contributed by atoms with Gasteiger partial charge in [0.25, 0.3) is 0 Å². The first-order chi connectivity index (χ1) is 13.8. The lowest BCUT2D eigenvalue weighted by molar-refractivity contribution is -0.274. The molecule has 5 nitrogen and oxygen atoms in total. The van der Waals surface area contributed by atoms with Crippen LogP contribution < -0.4 is 15.4 Å². The Kier molecular flexibility index (Phi) is 6.60. The molecule has 0 aliphatic carbocycles. The second kappa shape index (κ2) is 9.15. The summed E-state index contributed by atoms with van der Waals surface area (Å²) < 4.78 is 40.4. The van der Waals surface area contributed by atoms with E-state index in [1.807, 2.05) is 12.1 Å². The summed E-state index contributed by atoms with van der Waals surface area (Å²) in [6, 6.07) is 12.5. The minimum atomic E-state index is -4.73. The highest BCUT2D eigenvalue weighted by Crippen LogP contribution is 2.26. The number of carbonyl (C=O) groups excluding carboxylic acids is 1. The van der Waals surface area contributed by atoms with Crippen molar-refractivity contribution in [2.75, 3.05) is 5.32 Å². The van der Waals surface area contributed by atoms with Gasteiger partial charge in [0.1, 0.15) is 5.75 Å². The van der Waals surface area contributed by atoms with E-state index in [1.54, 1.807) is 17.5 Å². The van der Waals surface area contributed by atoms with E-state index in [9.17, 15) is 18.0 Å². The third-order valence-electron chi connectivity index (χ3n) is 3.64. The minimum absolute atomic E-state index is 0.115. The van der Waals surface area contributed by atoms with Crippen molar-refractivity contribution in [3.8, 4) is 5.75 Å². The molecule has 0 atom stereocenters. The number of halogens is 4. The van der Waals surface area contributed by atoms with Crippen LogP contribution in [0, 0.1) is 0 Å². The molecule has 0 aliphatic heterocycles. The molecule has 1 heterocycles. The van der Waals surface area contributed by atoms with Crippen LogP contribution >= 0.6 is 22.9 Å². The van der Waals surface area contributed by atoms with Crippen LogP contribution in [-0.4, -0.2) is 17.3 Å². The summed E-state index contributed by atoms with van der Waals surface area (Å²) in [5.41, 5.74) is 2.07. The highest BCUT2D eigenvalue weighted by atomic mass is 35.5. The predicted molar refractivity (Wildman–Crippen MR) is 106 cm³/mol. The van der Waals surface area contributed by atoms with Gasteiger partial charge in [-0.05, 0) is 42.0 Å². The second-order valence-corrected chi connectivity index (χ2v) is 7.22. The maximum Gasteiger partial charge on any atom is 0.573 e. The first kappa shape index (κ1) is 20.9. The van der Waals surface area contributed by atoms with Gasteiger partial charge in [0.05, 0.1) is 12.1 Å². The minimum Gasteiger partial charge on any atom is -0.406 e. The van der Waals surface area contributed by atoms with Gasteiger partial charge in [-0.15, -0.1) is 24.5 Å². The topological polar surface area (TPSA) is 63.2 Å². The molecule has 2 N–H and O–H groups in total. The predicted octanol–water partition coefficient (Wildman–Crippen LogP) is 5.30. The number of nitrogens with zero attached hydrogens (tertiary/aromatic N) is 1. The molecule has 10 heteroatoms. The Hall–Kier alpha value is -2.78. The monoisotopic (exact) mass is 441 g/mol. The summed E-state index contributed by atoms with van der Waals surface area (Å²) in [6.07, 6.45) is -4.61. The van der Waals surface area contributed by atoms with Crippen molar-refractivity contribution >= 4 is 39.7 Å². The molecular weight excluding hydrogens is 427 g/mol. The Morgan fingerprint density at radius 3 is 2.45 bits per heavy atom. The molecular formula is C19H15ClF3N3O2S. The van der Waals surface area contributed by atoms with Gasteiger partial charge in [-0.3, -0.25) is 4.79 Å². The molecule has 3 aromatic rings. The lowest BCUT2D eigenvalue weighted by Crippen LogP contribution is -2.24. The van der Waals surface area contributed by atoms with Crippen LogP contribution in [0.4, 0.5) is 24.0 Å². The largest absolute Gasteiger partial charge is 0.573 e. The average molecular weight is 442 g/mol. The molecule has 0 fully saturated rings. The number of carbonyl (C=O) groups is 1. The normalized spacial score (nSPS) is 11.2. The third kappa shape index (κ3) is 6.95. The molecule has 0 aliphatic rings. The van der Waals surface area contributed by atoms with E-state index in [4.69, 9.17) is 11.6 Å². The van der Waals surface area contributed by atoms with E-state index < -0.39 is 6.36 Å². The lowest BCUT2D eigenvalue weighted by atomic mass is 10.2. The Balaban J connectivity index is 1.49. The fourth-order valence-corrected chi connectivity index (χ4v) is 3.20. The summed E-state index contributed by atoms with van der Waals surface area (Å²) in [5, 5.41) is 8.68. The zero-order chi connectivity index (χ0) is 20.9. The number of rotatable bonds is 7. The summed E-state index contributed by atoms with van der Waals surface area (Å²) in [6.45, 7) is 0.386. The van der Waals surface area contributed by atoms with Crippen molar-refractivity contribution < 1.29 is 22.7 Å². The van der Waals surface area contributed by atoms with Gasteiger partial charge >= 0.3 is 6.36 Å². The quantitative estimate of drug-likeness (QED) is 0.522. The molecule has 0 radical (unpaired) electrons. The van der Waals surface area contributed by atoms with Gasteiger partial charge in [-0.2, -0.15) is 0 Å². The molecule has 0 bridgehead atoms. The number of aromatic nitrogens is 1. The zero-order valence-electron chi connectivity index (χ0n) is 14.8. The lowest BCUT2D eigenvalue weighted by Gasteiger charge is -2.09. The first-order valence-electron chi connectivity index (χ1n) is 8.35. The maximum atomic E-state index is 12.2. The van der Waals surface area contributed by atoms with Gasteiger partial charge in [-0.1, -0.05) is 23.7 Å². The standard InChI is InChI=1S/C19H15ClF3N3O2S/c20-13-3-1-12(2-4-13)10-24-17(27)9-15-11-29-18(26-15)25-14-5-7-16(8-6-14)28-19(21,22)23/h1-8,11H,9-10H2,(H,24,27)(H,25,26). The number of alkyl halides is 3. The fourth-order valence-electron chi connectivity index (χ4n) is 2.34. The van der Waals surface area contributed by atoms with Gasteiger partial charge in [0.15, 0.2) is 5.13 Å². The van der Waals surface area contributed by atoms with Crippen molar-refractivity contribution in [1.82, 2.24) is 10.3 Å². The van der Waals surface area contributed by atoms with Gasteiger partial charge in [-0.25, -0.2) is 4.98 Å². The van der Waals surface area contributed by atoms with Gasteiger partial charge in [0, 0.05) is 22.6 Å². The highest BCUT2D eigenvalue weighted by Gasteiger charge is 2.30. The van der Waals surface area contributed by atoms with Gasteiger partial charge < -0.3 is 15.4 Å². The smallest absolute Gasteiger partial charge is 0.406 e. The van der Waals surface area contributed by atoms with Crippen LogP contribution in [0.1, 0.15) is 11.3 Å². The second-order valence-electron chi connectivity index (χ2n) is 5.92. The number of ether oxygens (including phenoxy) is 1. The van der Waals surface area contributed by atoms with Crippen molar-refractivity contribution in [3.63, 3.8) is 0 Å². The van der Waals surface area contributed by atoms with Crippen LogP contribution in [0.3, 0.4) is 0 Å². The molecule has 0 unspecified atom stereocenters. The van der Waals surface area contributed by atoms with Gasteiger partial charge in [0.2, 0.25) is 5.91 Å². The number of nitrogens with one attached hydrogen (secondary N) is 2. The average Bonchev–Trinajstić information content (AvgIpc) is 3.08. The summed E-state index contributed by atoms with van der Waals surface area (Å²) in [4.78, 5) is 16.4. The first-order valence-corrected chi connectivity index (χ1v) is 9.61. The zero-order valence-corrected chi connectivity index (χ0v) is 16.4. The molecule has 1 amide bonds. The molecule has 0 spiro atoms. The Morgan fingerprint density at radius 2 is 1.79 bits per heavy atom. The van der Waals surface area contributed by atoms with Crippen molar-refractivity contribution in [3.05, 3.63) is 70.2 Å². The molecule has 152 valence electrons. The number of thiazole rings is 1. The Labute approximate surface area is 173 Å². The molecule has 2 aromatic carbocycles. The molecule has 29 heavy (non-hydrogen) atoms. The summed E-state index contributed by atoms with van der Waals surface area (Å²) >= 11 is 7.11. The summed E-state index contributed by atoms with van der Waals surface area (Å²) in [5.74, 6) is -0.481. The molecule has 0 saturated carbocycles. The number of benzene rings is 2. The van der Waals surface area contributed by atoms with Crippen LogP contribution in [0.25, 0.3) is 0 Å². The fraction of sp³-hybridized carbons (Fsp3) is 0.158. The summed E-state index contributed by atoms with van der Waals surface area (Å²) in [7, 11) is 0. The Morgan fingerprint density at radius 1 is 1.10 bits per heavy atom. The van der Waals surface area contributed by atoms with Crippen molar-refractivity contribution in [2.45, 2.75) is 19.3 Å². The van der Waals surface area contributed by atoms with E-state index in [0.29, 0.717) is 28.1 Å². The van der Waals surface area contributed by atoms with Crippen LogP contribution in [0.15, 0.2) is 53.9 Å². The van der Waals surface area contributed by atoms with Crippen LogP contribution in [0.5, 0.6) is 5.75 Å². The van der Waals surface area contributed by atoms with Crippen LogP contribution in [0.2, 0.25) is 5.02 Å². The SMILES string of the molecule is O=C(Cc1csc(Nc2ccc(OC(F)(F)F)cc2)n1)NCc1ccc(Cl)cc1. The molecule has 1 aromatic heterocycles. The maximum absolute atomic E-state index is 12.2. The number of hydrogen-bond acceptors (Lipinski definition) is 5. The number of amides is 1. The number of hydrogen-bond donors (Lipinski definition) is 2. The van der Waals surface area contributed by atoms with E-state index in [-0.39, 0.29) is 18.1 Å². The van der Waals surface area contributed by atoms with Crippen molar-refractivity contribution in [2.24, 2.45) is 0 Å². The highest BCUT2D eigenvalue weighted by molar-refractivity contribution is 7.13. The van der Waals surface area contributed by atoms with Crippen molar-refractivity contribution in [1.29, 1.82) is 0 Å². The molecule has 3 rings (SSSR count).